The van der Waals surface area contributed by atoms with E-state index >= 15 is 0 Å². The maximum Gasteiger partial charge on any atom is 0.264 e. The average molecular weight is 1260 g/mol. The zero-order valence-corrected chi connectivity index (χ0v) is 52.4. The summed E-state index contributed by atoms with van der Waals surface area (Å²) in [5.74, 6) is 0.824. The Labute approximate surface area is 517 Å². The van der Waals surface area contributed by atoms with E-state index in [1.165, 1.54) is 36.5 Å². The van der Waals surface area contributed by atoms with E-state index in [-0.39, 0.29) is 71.7 Å². The summed E-state index contributed by atoms with van der Waals surface area (Å²) < 4.78 is 81.5. The van der Waals surface area contributed by atoms with Gasteiger partial charge in [0.05, 0.1) is 47.3 Å². The molecule has 4 N–H and O–H groups in total. The second-order valence-electron chi connectivity index (χ2n) is 25.3. The van der Waals surface area contributed by atoms with Gasteiger partial charge >= 0.3 is 0 Å². The van der Waals surface area contributed by atoms with Crippen molar-refractivity contribution in [1.29, 1.82) is 0 Å². The monoisotopic (exact) mass is 1260 g/mol. The maximum atomic E-state index is 13.4. The lowest BCUT2D eigenvalue weighted by atomic mass is 9.68. The molecule has 20 heteroatoms. The smallest absolute Gasteiger partial charge is 0.264 e. The van der Waals surface area contributed by atoms with Crippen molar-refractivity contribution >= 4 is 66.4 Å². The Morgan fingerprint density at radius 3 is 1.42 bits per heavy atom. The lowest BCUT2D eigenvalue weighted by Crippen LogP contribution is -2.49. The van der Waals surface area contributed by atoms with E-state index in [4.69, 9.17) is 42.1 Å². The van der Waals surface area contributed by atoms with Crippen molar-refractivity contribution in [1.82, 2.24) is 9.44 Å². The van der Waals surface area contributed by atoms with E-state index in [0.717, 1.165) is 85.6 Å². The predicted octanol–water partition coefficient (Wildman–Crippen LogP) is 10.0. The average Bonchev–Trinajstić information content (AvgIpc) is 1.56. The number of benzene rings is 4. The highest BCUT2D eigenvalue weighted by atomic mass is 35.5. The van der Waals surface area contributed by atoms with E-state index in [0.29, 0.717) is 76.6 Å². The fourth-order valence-corrected chi connectivity index (χ4v) is 18.1. The summed E-state index contributed by atoms with van der Waals surface area (Å²) in [6, 6.07) is 22.7. The van der Waals surface area contributed by atoms with Gasteiger partial charge in [-0.25, -0.2) is 26.3 Å². The quantitative estimate of drug-likeness (QED) is 0.133. The molecular weight excluding hydrogens is 1180 g/mol. The number of nitrogens with one attached hydrogen (secondary N) is 2. The van der Waals surface area contributed by atoms with Crippen molar-refractivity contribution in [3.8, 4) is 11.5 Å². The second-order valence-corrected chi connectivity index (χ2v) is 30.1. The molecule has 4 aromatic carbocycles. The predicted molar refractivity (Wildman–Crippen MR) is 335 cm³/mol. The normalized spacial score (nSPS) is 31.0. The summed E-state index contributed by atoms with van der Waals surface area (Å²) in [5, 5.41) is 22.1. The first kappa shape index (κ1) is 62.4. The van der Waals surface area contributed by atoms with Crippen molar-refractivity contribution in [2.45, 2.75) is 136 Å². The third-order valence-corrected chi connectivity index (χ3v) is 24.1. The molecule has 0 aromatic heterocycles. The van der Waals surface area contributed by atoms with Gasteiger partial charge in [0.25, 0.3) is 11.8 Å². The number of halogens is 2. The molecule has 2 saturated carbocycles. The van der Waals surface area contributed by atoms with Crippen LogP contribution < -0.4 is 28.7 Å². The Kier molecular flexibility index (Phi) is 19.2. The number of methoxy groups -OCH3 is 2. The number of fused-ring (bicyclic) bond motifs is 8. The van der Waals surface area contributed by atoms with Crippen molar-refractivity contribution in [2.75, 3.05) is 76.6 Å². The number of anilines is 2. The number of hydrogen-bond acceptors (Lipinski definition) is 14. The first-order chi connectivity index (χ1) is 41.4. The second kappa shape index (κ2) is 26.5. The van der Waals surface area contributed by atoms with Crippen LogP contribution in [-0.4, -0.2) is 128 Å². The summed E-state index contributed by atoms with van der Waals surface area (Å²) in [6.07, 6.45) is 18.1. The van der Waals surface area contributed by atoms with Gasteiger partial charge in [-0.05, 0) is 209 Å². The van der Waals surface area contributed by atoms with Crippen molar-refractivity contribution in [3.63, 3.8) is 0 Å². The van der Waals surface area contributed by atoms with E-state index in [9.17, 15) is 36.6 Å². The van der Waals surface area contributed by atoms with Crippen molar-refractivity contribution in [3.05, 3.63) is 141 Å². The van der Waals surface area contributed by atoms with Crippen molar-refractivity contribution in [2.24, 2.45) is 23.7 Å². The van der Waals surface area contributed by atoms with Gasteiger partial charge in [-0.1, -0.05) is 59.6 Å². The Bertz CT molecular complexity index is 3220. The van der Waals surface area contributed by atoms with Crippen LogP contribution in [0.5, 0.6) is 11.5 Å². The van der Waals surface area contributed by atoms with Crippen molar-refractivity contribution < 1.29 is 55.6 Å². The lowest BCUT2D eigenvalue weighted by Gasteiger charge is -2.45. The van der Waals surface area contributed by atoms with E-state index in [1.54, 1.807) is 36.4 Å². The fraction of sp³-hybridized carbons (Fsp3) is 0.545. The number of amides is 2. The highest BCUT2D eigenvalue weighted by Crippen LogP contribution is 2.49. The molecule has 464 valence electrons. The molecule has 4 aliphatic carbocycles. The van der Waals surface area contributed by atoms with Crippen LogP contribution in [0.25, 0.3) is 0 Å². The number of carbonyl (C=O) groups excluding carboxylic acids is 2. The molecule has 2 spiro atoms. The zero-order valence-electron chi connectivity index (χ0n) is 49.3. The van der Waals surface area contributed by atoms with Crippen LogP contribution in [0.4, 0.5) is 11.4 Å². The number of carbonyl (C=O) groups is 2. The number of rotatable bonds is 6. The Hall–Kier alpha value is -5.18. The molecule has 2 fully saturated rings. The first-order valence-electron chi connectivity index (χ1n) is 30.8. The fourth-order valence-electron chi connectivity index (χ4n) is 14.9. The number of hydrogen-bond donors (Lipinski definition) is 4. The Morgan fingerprint density at radius 1 is 0.593 bits per heavy atom. The molecule has 2 amide bonds. The van der Waals surface area contributed by atoms with Gasteiger partial charge in [0.1, 0.15) is 11.5 Å². The minimum atomic E-state index is -3.98. The number of aryl methyl sites for hydroxylation is 2. The molecular formula is C66H82Cl2N4O12S2. The third-order valence-electron chi connectivity index (χ3n) is 20.0. The van der Waals surface area contributed by atoms with Gasteiger partial charge in [-0.2, -0.15) is 0 Å². The van der Waals surface area contributed by atoms with E-state index < -0.39 is 54.6 Å². The molecule has 0 unspecified atom stereocenters. The molecule has 12 rings (SSSR count). The first-order valence-corrected chi connectivity index (χ1v) is 34.6. The van der Waals surface area contributed by atoms with Crippen LogP contribution in [0.15, 0.2) is 97.1 Å². The summed E-state index contributed by atoms with van der Waals surface area (Å²) in [4.78, 5) is 31.5. The number of sulfonamides is 2. The largest absolute Gasteiger partial charge is 0.490 e. The summed E-state index contributed by atoms with van der Waals surface area (Å²) in [5.41, 5.74) is 6.56. The number of nitrogens with zero attached hydrogens (tertiary/aromatic N) is 2. The molecule has 0 radical (unpaired) electrons. The van der Waals surface area contributed by atoms with E-state index in [2.05, 4.69) is 43.5 Å². The number of allylic oxidation sites excluding steroid dienone is 2. The lowest BCUT2D eigenvalue weighted by molar-refractivity contribution is 0.0454. The van der Waals surface area contributed by atoms with Gasteiger partial charge in [0.15, 0.2) is 0 Å². The molecule has 4 aromatic rings. The van der Waals surface area contributed by atoms with Crippen LogP contribution in [-0.2, 0) is 53.2 Å². The van der Waals surface area contributed by atoms with Gasteiger partial charge in [-0.15, -0.1) is 0 Å². The zero-order chi connectivity index (χ0) is 60.4. The molecule has 86 heavy (non-hydrogen) atoms. The maximum absolute atomic E-state index is 13.4. The highest BCUT2D eigenvalue weighted by Gasteiger charge is 2.47. The molecule has 4 heterocycles. The van der Waals surface area contributed by atoms with E-state index in [1.807, 2.05) is 36.4 Å². The Balaban J connectivity index is 0.000000179. The van der Waals surface area contributed by atoms with Crippen LogP contribution >= 0.6 is 23.2 Å². The number of ether oxygens (including phenoxy) is 4. The summed E-state index contributed by atoms with van der Waals surface area (Å²) in [6.45, 7) is 4.30. The number of aliphatic hydroxyl groups is 2. The molecule has 10 atom stereocenters. The molecule has 16 nitrogen and oxygen atoms in total. The highest BCUT2D eigenvalue weighted by molar-refractivity contribution is 7.91. The topological polar surface area (TPSA) is 210 Å². The molecule has 0 saturated heterocycles. The summed E-state index contributed by atoms with van der Waals surface area (Å²) >= 11 is 12.8. The molecule has 8 aliphatic rings. The number of aliphatic hydroxyl groups excluding tert-OH is 2. The van der Waals surface area contributed by atoms with Crippen LogP contribution in [0, 0.1) is 23.7 Å². The van der Waals surface area contributed by atoms with Crippen LogP contribution in [0.2, 0.25) is 10.0 Å². The third kappa shape index (κ3) is 13.4. The van der Waals surface area contributed by atoms with Gasteiger partial charge in [0, 0.05) is 85.6 Å². The standard InChI is InChI=1S/2C33H41ClN2O6S/c2*1-41-16-14-26-6-2-3-7-30(37)27-11-8-24(27)19-36-20-33(15-4-5-22-17-25(34)10-12-28(22)33)21-42-31-13-9-23(18-29(31)36)32(38)35-43(26,39)40/h2*3,7,9-10,12-13,17-18,24,26-27,30,37H,2,4-6,8,11,14-16,19-21H2,1H3,(H,35,38)/b2*7-3+/t24-,26+,27+,30-,33-;24-,26-,27+,30-,33-/m00/s1. The van der Waals surface area contributed by atoms with Crippen LogP contribution in [0.1, 0.15) is 133 Å². The minimum absolute atomic E-state index is 0.115. The SMILES string of the molecule is COCC[C@@H]1CC/C=C/[C@H](O)[C@@H]2CC[C@H]2CN2C[C@@]3(CCCc4cc(Cl)ccc43)COc3ccc(cc32)C(=O)NS1(=O)=O.COCC[C@H]1CC/C=C/[C@H](O)[C@@H]2CC[C@H]2CN2C[C@@]3(CCCc4cc(Cl)ccc43)COc3ccc(cc32)C(=O)NS1(=O)=O. The summed E-state index contributed by atoms with van der Waals surface area (Å²) in [7, 11) is -4.89. The molecule has 4 aliphatic heterocycles. The van der Waals surface area contributed by atoms with Crippen LogP contribution in [0.3, 0.4) is 0 Å². The van der Waals surface area contributed by atoms with Gasteiger partial charge < -0.3 is 39.0 Å². The Morgan fingerprint density at radius 2 is 1.02 bits per heavy atom. The minimum Gasteiger partial charge on any atom is -0.490 e. The van der Waals surface area contributed by atoms with Gasteiger partial charge in [0.2, 0.25) is 20.0 Å². The molecule has 4 bridgehead atoms. The van der Waals surface area contributed by atoms with Gasteiger partial charge in [-0.3, -0.25) is 9.59 Å².